The van der Waals surface area contributed by atoms with Crippen molar-refractivity contribution in [2.24, 2.45) is 0 Å². The lowest BCUT2D eigenvalue weighted by molar-refractivity contribution is -0.141. The summed E-state index contributed by atoms with van der Waals surface area (Å²) in [5, 5.41) is 2.50. The predicted molar refractivity (Wildman–Crippen MR) is 127 cm³/mol. The van der Waals surface area contributed by atoms with Gasteiger partial charge in [-0.1, -0.05) is 60.7 Å². The second-order valence-electron chi connectivity index (χ2n) is 7.98. The molecule has 1 N–H and O–H groups in total. The number of hydrogen-bond donors (Lipinski definition) is 1. The lowest BCUT2D eigenvalue weighted by Gasteiger charge is -2.28. The molecule has 36 heavy (non-hydrogen) atoms. The number of carbonyl (C=O) groups excluding carboxylic acids is 3. The van der Waals surface area contributed by atoms with Gasteiger partial charge in [0.25, 0.3) is 5.91 Å². The Morgan fingerprint density at radius 1 is 1.00 bits per heavy atom. The molecule has 184 valence electrons. The summed E-state index contributed by atoms with van der Waals surface area (Å²) in [7, 11) is 1.19. The van der Waals surface area contributed by atoms with Crippen LogP contribution in [0.4, 0.5) is 18.9 Å². The van der Waals surface area contributed by atoms with Crippen LogP contribution in [-0.4, -0.2) is 31.4 Å². The Morgan fingerprint density at radius 3 is 2.39 bits per heavy atom. The van der Waals surface area contributed by atoms with E-state index in [-0.39, 0.29) is 11.1 Å². The van der Waals surface area contributed by atoms with E-state index >= 15 is 0 Å². The monoisotopic (exact) mass is 494 g/mol. The first-order valence-electron chi connectivity index (χ1n) is 10.9. The summed E-state index contributed by atoms with van der Waals surface area (Å²) in [6.07, 6.45) is -3.15. The Kier molecular flexibility index (Phi) is 6.91. The van der Waals surface area contributed by atoms with Gasteiger partial charge in [0.2, 0.25) is 5.91 Å². The zero-order chi connectivity index (χ0) is 25.9. The Balaban J connectivity index is 1.79. The quantitative estimate of drug-likeness (QED) is 0.401. The molecule has 3 aromatic carbocycles. The van der Waals surface area contributed by atoms with Crippen LogP contribution in [0.3, 0.4) is 0 Å². The van der Waals surface area contributed by atoms with Crippen molar-refractivity contribution in [1.82, 2.24) is 5.32 Å². The van der Waals surface area contributed by atoms with E-state index in [2.05, 4.69) is 10.1 Å². The zero-order valence-electron chi connectivity index (χ0n) is 19.1. The molecule has 0 fully saturated rings. The molecule has 9 heteroatoms. The standard InChI is InChI=1S/C27H21F3N2O4/c1-36-23(33)16-31-25(34)24(18-9-3-2-4-10-18)32-22-13-6-5-12-20(22)21(26(32)35)15-17-8-7-11-19(14-17)27(28,29)30/h2-15,24H,16H2,1H3,(H,31,34)/b21-15+. The maximum absolute atomic E-state index is 13.7. The van der Waals surface area contributed by atoms with Gasteiger partial charge in [0.05, 0.1) is 18.4 Å². The summed E-state index contributed by atoms with van der Waals surface area (Å²) >= 11 is 0. The molecule has 1 aliphatic rings. The van der Waals surface area contributed by atoms with Gasteiger partial charge in [0.15, 0.2) is 0 Å². The van der Waals surface area contributed by atoms with E-state index in [0.717, 1.165) is 12.1 Å². The average molecular weight is 494 g/mol. The summed E-state index contributed by atoms with van der Waals surface area (Å²) in [6.45, 7) is -0.394. The fraction of sp³-hybridized carbons (Fsp3) is 0.148. The highest BCUT2D eigenvalue weighted by Gasteiger charge is 2.41. The smallest absolute Gasteiger partial charge is 0.416 e. The number of methoxy groups -OCH3 is 1. The van der Waals surface area contributed by atoms with Crippen molar-refractivity contribution in [3.63, 3.8) is 0 Å². The third-order valence-corrected chi connectivity index (χ3v) is 5.68. The van der Waals surface area contributed by atoms with E-state index in [4.69, 9.17) is 0 Å². The van der Waals surface area contributed by atoms with Crippen LogP contribution in [0.15, 0.2) is 78.9 Å². The number of hydrogen-bond acceptors (Lipinski definition) is 4. The highest BCUT2D eigenvalue weighted by molar-refractivity contribution is 6.36. The van der Waals surface area contributed by atoms with Gasteiger partial charge in [-0.3, -0.25) is 19.3 Å². The average Bonchev–Trinajstić information content (AvgIpc) is 3.14. The van der Waals surface area contributed by atoms with Crippen LogP contribution in [-0.2, 0) is 25.3 Å². The molecule has 3 aromatic rings. The SMILES string of the molecule is COC(=O)CNC(=O)C(c1ccccc1)N1C(=O)/C(=C/c2cccc(C(F)(F)F)c2)c2ccccc21. The maximum atomic E-state index is 13.7. The molecule has 0 saturated heterocycles. The molecule has 1 atom stereocenters. The number of benzene rings is 3. The topological polar surface area (TPSA) is 75.7 Å². The van der Waals surface area contributed by atoms with Crippen molar-refractivity contribution < 1.29 is 32.3 Å². The number of anilines is 1. The van der Waals surface area contributed by atoms with Crippen molar-refractivity contribution >= 4 is 35.1 Å². The van der Waals surface area contributed by atoms with E-state index in [1.54, 1.807) is 54.6 Å². The predicted octanol–water partition coefficient (Wildman–Crippen LogP) is 4.62. The summed E-state index contributed by atoms with van der Waals surface area (Å²) < 4.78 is 44.3. The minimum atomic E-state index is -4.53. The normalized spacial score (nSPS) is 14.9. The van der Waals surface area contributed by atoms with Crippen molar-refractivity contribution in [3.8, 4) is 0 Å². The first-order valence-corrected chi connectivity index (χ1v) is 10.9. The number of rotatable bonds is 6. The van der Waals surface area contributed by atoms with E-state index in [1.807, 2.05) is 0 Å². The van der Waals surface area contributed by atoms with Gasteiger partial charge < -0.3 is 10.1 Å². The van der Waals surface area contributed by atoms with E-state index in [9.17, 15) is 27.6 Å². The number of carbonyl (C=O) groups is 3. The first kappa shape index (κ1) is 24.7. The number of para-hydroxylation sites is 1. The van der Waals surface area contributed by atoms with Gasteiger partial charge in [0, 0.05) is 11.1 Å². The van der Waals surface area contributed by atoms with Crippen molar-refractivity contribution in [2.45, 2.75) is 12.2 Å². The summed E-state index contributed by atoms with van der Waals surface area (Å²) in [4.78, 5) is 39.9. The first-order chi connectivity index (χ1) is 17.2. The van der Waals surface area contributed by atoms with Gasteiger partial charge >= 0.3 is 12.1 Å². The third-order valence-electron chi connectivity index (χ3n) is 5.68. The molecule has 4 rings (SSSR count). The largest absolute Gasteiger partial charge is 0.468 e. The summed E-state index contributed by atoms with van der Waals surface area (Å²) in [6, 6.07) is 18.8. The zero-order valence-corrected chi connectivity index (χ0v) is 19.1. The maximum Gasteiger partial charge on any atom is 0.416 e. The molecule has 6 nitrogen and oxygen atoms in total. The summed E-state index contributed by atoms with van der Waals surface area (Å²) in [5.41, 5.74) is 0.882. The fourth-order valence-electron chi connectivity index (χ4n) is 4.01. The van der Waals surface area contributed by atoms with Crippen LogP contribution in [0.5, 0.6) is 0 Å². The van der Waals surface area contributed by atoms with Gasteiger partial charge in [-0.2, -0.15) is 13.2 Å². The molecule has 1 unspecified atom stereocenters. The molecule has 0 aliphatic carbocycles. The fourth-order valence-corrected chi connectivity index (χ4v) is 4.01. The number of nitrogens with zero attached hydrogens (tertiary/aromatic N) is 1. The van der Waals surface area contributed by atoms with Crippen LogP contribution in [0.1, 0.15) is 28.3 Å². The highest BCUT2D eigenvalue weighted by Crippen LogP contribution is 2.43. The third kappa shape index (κ3) is 5.00. The molecule has 1 heterocycles. The molecule has 0 saturated carbocycles. The van der Waals surface area contributed by atoms with E-state index in [1.165, 1.54) is 30.2 Å². The Morgan fingerprint density at radius 2 is 1.69 bits per heavy atom. The number of halogens is 3. The highest BCUT2D eigenvalue weighted by atomic mass is 19.4. The Hall–Kier alpha value is -4.40. The molecular weight excluding hydrogens is 473 g/mol. The molecule has 0 spiro atoms. The van der Waals surface area contributed by atoms with E-state index < -0.39 is 42.1 Å². The van der Waals surface area contributed by atoms with Gasteiger partial charge in [-0.25, -0.2) is 0 Å². The number of ether oxygens (including phenoxy) is 1. The second-order valence-corrected chi connectivity index (χ2v) is 7.98. The van der Waals surface area contributed by atoms with Crippen LogP contribution in [0.25, 0.3) is 11.6 Å². The molecule has 2 amide bonds. The van der Waals surface area contributed by atoms with Crippen LogP contribution >= 0.6 is 0 Å². The Labute approximate surface area is 205 Å². The minimum Gasteiger partial charge on any atom is -0.468 e. The van der Waals surface area contributed by atoms with Crippen LogP contribution in [0.2, 0.25) is 0 Å². The Bertz CT molecular complexity index is 1340. The molecule has 1 aliphatic heterocycles. The van der Waals surface area contributed by atoms with E-state index in [0.29, 0.717) is 16.8 Å². The molecular formula is C27H21F3N2O4. The van der Waals surface area contributed by atoms with Gasteiger partial charge in [-0.05, 0) is 35.4 Å². The number of alkyl halides is 3. The van der Waals surface area contributed by atoms with Gasteiger partial charge in [-0.15, -0.1) is 0 Å². The molecule has 0 radical (unpaired) electrons. The number of nitrogens with one attached hydrogen (secondary N) is 1. The van der Waals surface area contributed by atoms with Crippen LogP contribution < -0.4 is 10.2 Å². The molecule has 0 bridgehead atoms. The summed E-state index contributed by atoms with van der Waals surface area (Å²) in [5.74, 6) is -1.83. The lowest BCUT2D eigenvalue weighted by Crippen LogP contribution is -2.43. The van der Waals surface area contributed by atoms with Crippen LogP contribution in [0, 0.1) is 0 Å². The van der Waals surface area contributed by atoms with Crippen molar-refractivity contribution in [2.75, 3.05) is 18.6 Å². The number of esters is 1. The number of amides is 2. The molecule has 0 aromatic heterocycles. The van der Waals surface area contributed by atoms with Gasteiger partial charge in [0.1, 0.15) is 12.6 Å². The lowest BCUT2D eigenvalue weighted by atomic mass is 10.0. The minimum absolute atomic E-state index is 0.145. The van der Waals surface area contributed by atoms with Crippen molar-refractivity contribution in [1.29, 1.82) is 0 Å². The number of fused-ring (bicyclic) bond motifs is 1. The van der Waals surface area contributed by atoms with Crippen molar-refractivity contribution in [3.05, 3.63) is 101 Å². The second kappa shape index (κ2) is 10.1.